The van der Waals surface area contributed by atoms with Gasteiger partial charge in [-0.2, -0.15) is 9.78 Å². The lowest BCUT2D eigenvalue weighted by molar-refractivity contribution is 0.111. The molecule has 0 amide bonds. The molecule has 2 aromatic rings. The molecule has 2 rings (SSSR count). The highest BCUT2D eigenvalue weighted by molar-refractivity contribution is 5.75. The van der Waals surface area contributed by atoms with E-state index in [0.29, 0.717) is 12.0 Å². The van der Waals surface area contributed by atoms with Crippen LogP contribution in [0.25, 0.3) is 5.69 Å². The topological polar surface area (TPSA) is 72.2 Å². The molecule has 92 valence electrons. The number of aromatic nitrogens is 2. The monoisotopic (exact) mass is 244 g/mol. The summed E-state index contributed by atoms with van der Waals surface area (Å²) < 4.78 is 1.09. The zero-order chi connectivity index (χ0) is 13.1. The second kappa shape index (κ2) is 4.83. The van der Waals surface area contributed by atoms with Crippen molar-refractivity contribution in [3.05, 3.63) is 51.9 Å². The number of carbonyl (C=O) groups excluding carboxylic acids is 1. The Morgan fingerprint density at radius 3 is 2.56 bits per heavy atom. The summed E-state index contributed by atoms with van der Waals surface area (Å²) in [5.41, 5.74) is 1.05. The Kier molecular flexibility index (Phi) is 3.23. The number of aldehydes is 1. The maximum Gasteiger partial charge on any atom is 0.275 e. The first-order valence-corrected chi connectivity index (χ1v) is 5.53. The SMILES string of the molecule is CCc1ccc(-n2nc(C=O)c(O)cc2=O)cc1. The van der Waals surface area contributed by atoms with Crippen molar-refractivity contribution in [3.63, 3.8) is 0 Å². The molecule has 0 bridgehead atoms. The van der Waals surface area contributed by atoms with Crippen LogP contribution in [0.2, 0.25) is 0 Å². The molecule has 1 aromatic carbocycles. The maximum atomic E-state index is 11.7. The van der Waals surface area contributed by atoms with Gasteiger partial charge in [-0.25, -0.2) is 0 Å². The van der Waals surface area contributed by atoms with Gasteiger partial charge in [0.05, 0.1) is 5.69 Å². The fourth-order valence-corrected chi connectivity index (χ4v) is 1.60. The minimum atomic E-state index is -0.484. The number of aryl methyl sites for hydroxylation is 1. The lowest BCUT2D eigenvalue weighted by Crippen LogP contribution is -2.21. The summed E-state index contributed by atoms with van der Waals surface area (Å²) in [5, 5.41) is 13.1. The number of carbonyl (C=O) groups is 1. The summed E-state index contributed by atoms with van der Waals surface area (Å²) in [5.74, 6) is -0.406. The molecule has 0 saturated carbocycles. The smallest absolute Gasteiger partial charge is 0.275 e. The van der Waals surface area contributed by atoms with E-state index in [1.807, 2.05) is 19.1 Å². The molecular formula is C13H12N2O3. The molecule has 0 fully saturated rings. The Morgan fingerprint density at radius 1 is 1.33 bits per heavy atom. The van der Waals surface area contributed by atoms with Crippen molar-refractivity contribution in [2.24, 2.45) is 0 Å². The van der Waals surface area contributed by atoms with Gasteiger partial charge in [0.2, 0.25) is 0 Å². The van der Waals surface area contributed by atoms with Crippen LogP contribution in [-0.2, 0) is 6.42 Å². The average Bonchev–Trinajstić information content (AvgIpc) is 2.39. The van der Waals surface area contributed by atoms with E-state index in [0.717, 1.165) is 22.7 Å². The van der Waals surface area contributed by atoms with Gasteiger partial charge in [-0.3, -0.25) is 9.59 Å². The average molecular weight is 244 g/mol. The molecule has 0 spiro atoms. The maximum absolute atomic E-state index is 11.7. The molecule has 5 nitrogen and oxygen atoms in total. The summed E-state index contributed by atoms with van der Waals surface area (Å²) in [6.45, 7) is 2.03. The van der Waals surface area contributed by atoms with Crippen LogP contribution < -0.4 is 5.56 Å². The van der Waals surface area contributed by atoms with Crippen LogP contribution >= 0.6 is 0 Å². The standard InChI is InChI=1S/C13H12N2O3/c1-2-9-3-5-10(6-4-9)15-13(18)7-12(17)11(8-16)14-15/h3-8,17H,2H2,1H3. The van der Waals surface area contributed by atoms with Gasteiger partial charge in [0.25, 0.3) is 5.56 Å². The molecule has 1 aromatic heterocycles. The second-order valence-electron chi connectivity index (χ2n) is 3.80. The normalized spacial score (nSPS) is 10.3. The Balaban J connectivity index is 2.55. The third-order valence-electron chi connectivity index (χ3n) is 2.64. The molecule has 0 aliphatic carbocycles. The van der Waals surface area contributed by atoms with E-state index in [1.54, 1.807) is 12.1 Å². The molecular weight excluding hydrogens is 232 g/mol. The van der Waals surface area contributed by atoms with Crippen LogP contribution in [-0.4, -0.2) is 21.2 Å². The van der Waals surface area contributed by atoms with Gasteiger partial charge in [-0.05, 0) is 24.1 Å². The quantitative estimate of drug-likeness (QED) is 0.826. The highest BCUT2D eigenvalue weighted by Gasteiger charge is 2.08. The molecule has 0 aliphatic rings. The molecule has 5 heteroatoms. The number of nitrogens with zero attached hydrogens (tertiary/aromatic N) is 2. The van der Waals surface area contributed by atoms with Crippen LogP contribution in [0.15, 0.2) is 35.1 Å². The Labute approximate surface area is 103 Å². The van der Waals surface area contributed by atoms with Gasteiger partial charge < -0.3 is 5.11 Å². The van der Waals surface area contributed by atoms with Gasteiger partial charge >= 0.3 is 0 Å². The van der Waals surface area contributed by atoms with Crippen molar-refractivity contribution in [1.82, 2.24) is 9.78 Å². The summed E-state index contributed by atoms with van der Waals surface area (Å²) in [4.78, 5) is 22.4. The van der Waals surface area contributed by atoms with Crippen molar-refractivity contribution in [2.45, 2.75) is 13.3 Å². The van der Waals surface area contributed by atoms with Gasteiger partial charge in [-0.15, -0.1) is 0 Å². The first-order chi connectivity index (χ1) is 8.65. The van der Waals surface area contributed by atoms with Gasteiger partial charge in [-0.1, -0.05) is 19.1 Å². The molecule has 1 N–H and O–H groups in total. The van der Waals surface area contributed by atoms with Crippen molar-refractivity contribution < 1.29 is 9.90 Å². The predicted molar refractivity (Wildman–Crippen MR) is 66.3 cm³/mol. The molecule has 0 saturated heterocycles. The summed E-state index contributed by atoms with van der Waals surface area (Å²) >= 11 is 0. The lowest BCUT2D eigenvalue weighted by atomic mass is 10.1. The van der Waals surface area contributed by atoms with E-state index in [4.69, 9.17) is 0 Å². The number of hydrogen-bond donors (Lipinski definition) is 1. The van der Waals surface area contributed by atoms with Crippen LogP contribution in [0.1, 0.15) is 23.0 Å². The third-order valence-corrected chi connectivity index (χ3v) is 2.64. The van der Waals surface area contributed by atoms with E-state index >= 15 is 0 Å². The van der Waals surface area contributed by atoms with Gasteiger partial charge in [0.1, 0.15) is 0 Å². The van der Waals surface area contributed by atoms with E-state index in [9.17, 15) is 14.7 Å². The Hall–Kier alpha value is -2.43. The van der Waals surface area contributed by atoms with E-state index in [-0.39, 0.29) is 5.69 Å². The van der Waals surface area contributed by atoms with E-state index < -0.39 is 11.3 Å². The zero-order valence-electron chi connectivity index (χ0n) is 9.83. The zero-order valence-corrected chi connectivity index (χ0v) is 9.83. The Morgan fingerprint density at radius 2 is 2.00 bits per heavy atom. The molecule has 18 heavy (non-hydrogen) atoms. The number of hydrogen-bond acceptors (Lipinski definition) is 4. The largest absolute Gasteiger partial charge is 0.505 e. The fraction of sp³-hybridized carbons (Fsp3) is 0.154. The molecule has 0 aliphatic heterocycles. The summed E-state index contributed by atoms with van der Waals surface area (Å²) in [6, 6.07) is 8.25. The number of rotatable bonds is 3. The first-order valence-electron chi connectivity index (χ1n) is 5.53. The van der Waals surface area contributed by atoms with Crippen LogP contribution in [0, 0.1) is 0 Å². The van der Waals surface area contributed by atoms with Crippen LogP contribution in [0.4, 0.5) is 0 Å². The van der Waals surface area contributed by atoms with Crippen molar-refractivity contribution in [1.29, 1.82) is 0 Å². The molecule has 1 heterocycles. The minimum Gasteiger partial charge on any atom is -0.505 e. The van der Waals surface area contributed by atoms with Crippen molar-refractivity contribution >= 4 is 6.29 Å². The number of aromatic hydroxyl groups is 1. The van der Waals surface area contributed by atoms with E-state index in [2.05, 4.69) is 5.10 Å². The molecule has 0 radical (unpaired) electrons. The lowest BCUT2D eigenvalue weighted by Gasteiger charge is -2.06. The van der Waals surface area contributed by atoms with Crippen LogP contribution in [0.3, 0.4) is 0 Å². The second-order valence-corrected chi connectivity index (χ2v) is 3.80. The van der Waals surface area contributed by atoms with Gasteiger partial charge in [0.15, 0.2) is 17.7 Å². The van der Waals surface area contributed by atoms with Gasteiger partial charge in [0, 0.05) is 6.07 Å². The number of benzene rings is 1. The first kappa shape index (κ1) is 12.0. The predicted octanol–water partition coefficient (Wildman–Crippen LogP) is 1.31. The Bertz CT molecular complexity index is 630. The molecule has 0 atom stereocenters. The van der Waals surface area contributed by atoms with Crippen molar-refractivity contribution in [2.75, 3.05) is 0 Å². The molecule has 0 unspecified atom stereocenters. The fourth-order valence-electron chi connectivity index (χ4n) is 1.60. The highest BCUT2D eigenvalue weighted by Crippen LogP contribution is 2.11. The summed E-state index contributed by atoms with van der Waals surface area (Å²) in [7, 11) is 0. The third kappa shape index (κ3) is 2.15. The minimum absolute atomic E-state index is 0.158. The summed E-state index contributed by atoms with van der Waals surface area (Å²) in [6.07, 6.45) is 1.31. The van der Waals surface area contributed by atoms with Crippen LogP contribution in [0.5, 0.6) is 5.75 Å². The van der Waals surface area contributed by atoms with Crippen molar-refractivity contribution in [3.8, 4) is 11.4 Å². The van der Waals surface area contributed by atoms with E-state index in [1.165, 1.54) is 0 Å². The highest BCUT2D eigenvalue weighted by atomic mass is 16.3.